The minimum absolute atomic E-state index is 0.727. The SMILES string of the molecule is CSc1nc2c(c(Nc3ccc(Cl)cc3)n1)CNC2. The third kappa shape index (κ3) is 2.68. The largest absolute Gasteiger partial charge is 0.340 e. The molecule has 0 aliphatic carbocycles. The van der Waals surface area contributed by atoms with Crippen LogP contribution in [0.1, 0.15) is 11.3 Å². The maximum absolute atomic E-state index is 5.89. The van der Waals surface area contributed by atoms with Crippen molar-refractivity contribution < 1.29 is 0 Å². The Kier molecular flexibility index (Phi) is 3.59. The maximum atomic E-state index is 5.89. The van der Waals surface area contributed by atoms with Gasteiger partial charge in [-0.15, -0.1) is 0 Å². The van der Waals surface area contributed by atoms with Crippen molar-refractivity contribution in [2.24, 2.45) is 0 Å². The topological polar surface area (TPSA) is 49.8 Å². The van der Waals surface area contributed by atoms with E-state index < -0.39 is 0 Å². The van der Waals surface area contributed by atoms with E-state index >= 15 is 0 Å². The molecule has 0 saturated heterocycles. The summed E-state index contributed by atoms with van der Waals surface area (Å²) >= 11 is 7.44. The number of hydrogen-bond donors (Lipinski definition) is 2. The molecule has 1 aliphatic heterocycles. The molecule has 2 heterocycles. The molecule has 4 nitrogen and oxygen atoms in total. The fourth-order valence-corrected chi connectivity index (χ4v) is 2.52. The zero-order chi connectivity index (χ0) is 13.2. The number of benzene rings is 1. The molecule has 2 N–H and O–H groups in total. The van der Waals surface area contributed by atoms with Crippen LogP contribution in [0.2, 0.25) is 5.02 Å². The second-order valence-corrected chi connectivity index (χ2v) is 5.43. The molecule has 0 atom stereocenters. The third-order valence-electron chi connectivity index (χ3n) is 2.96. The Morgan fingerprint density at radius 2 is 2.00 bits per heavy atom. The summed E-state index contributed by atoms with van der Waals surface area (Å²) in [6, 6.07) is 7.61. The van der Waals surface area contributed by atoms with Gasteiger partial charge in [-0.3, -0.25) is 0 Å². The monoisotopic (exact) mass is 292 g/mol. The summed E-state index contributed by atoms with van der Waals surface area (Å²) in [5.41, 5.74) is 3.20. The van der Waals surface area contributed by atoms with Gasteiger partial charge in [0.05, 0.1) is 5.69 Å². The van der Waals surface area contributed by atoms with Crippen molar-refractivity contribution >= 4 is 34.9 Å². The van der Waals surface area contributed by atoms with Crippen molar-refractivity contribution in [1.29, 1.82) is 0 Å². The van der Waals surface area contributed by atoms with Crippen molar-refractivity contribution in [3.05, 3.63) is 40.5 Å². The number of aromatic nitrogens is 2. The van der Waals surface area contributed by atoms with E-state index in [1.165, 1.54) is 0 Å². The number of nitrogens with zero attached hydrogens (tertiary/aromatic N) is 2. The molecule has 3 rings (SSSR count). The van der Waals surface area contributed by atoms with Crippen LogP contribution < -0.4 is 10.6 Å². The Balaban J connectivity index is 1.95. The summed E-state index contributed by atoms with van der Waals surface area (Å²) in [5.74, 6) is 0.877. The Morgan fingerprint density at radius 1 is 1.21 bits per heavy atom. The number of rotatable bonds is 3. The molecule has 0 amide bonds. The van der Waals surface area contributed by atoms with E-state index in [4.69, 9.17) is 11.6 Å². The van der Waals surface area contributed by atoms with Gasteiger partial charge in [-0.05, 0) is 30.5 Å². The van der Waals surface area contributed by atoms with Crippen LogP contribution in [0.5, 0.6) is 0 Å². The van der Waals surface area contributed by atoms with Gasteiger partial charge in [0.25, 0.3) is 0 Å². The van der Waals surface area contributed by atoms with Gasteiger partial charge in [0.1, 0.15) is 5.82 Å². The first kappa shape index (κ1) is 12.7. The van der Waals surface area contributed by atoms with Gasteiger partial charge in [0.2, 0.25) is 0 Å². The molecule has 0 bridgehead atoms. The average Bonchev–Trinajstić information content (AvgIpc) is 2.89. The predicted octanol–water partition coefficient (Wildman–Crippen LogP) is 3.20. The number of thioether (sulfide) groups is 1. The highest BCUT2D eigenvalue weighted by atomic mass is 35.5. The van der Waals surface area contributed by atoms with E-state index in [0.29, 0.717) is 0 Å². The summed E-state index contributed by atoms with van der Waals surface area (Å²) in [6.45, 7) is 1.61. The van der Waals surface area contributed by atoms with Crippen LogP contribution in [0.4, 0.5) is 11.5 Å². The highest BCUT2D eigenvalue weighted by Crippen LogP contribution is 2.27. The lowest BCUT2D eigenvalue weighted by Gasteiger charge is -2.11. The van der Waals surface area contributed by atoms with Gasteiger partial charge in [0, 0.05) is 29.4 Å². The molecule has 98 valence electrons. The number of nitrogens with one attached hydrogen (secondary N) is 2. The molecule has 1 aromatic carbocycles. The van der Waals surface area contributed by atoms with Crippen LogP contribution in [0.25, 0.3) is 0 Å². The second-order valence-electron chi connectivity index (χ2n) is 4.22. The first-order valence-corrected chi connectivity index (χ1v) is 7.53. The number of hydrogen-bond acceptors (Lipinski definition) is 5. The van der Waals surface area contributed by atoms with Crippen LogP contribution in [0.15, 0.2) is 29.4 Å². The zero-order valence-corrected chi connectivity index (χ0v) is 12.0. The zero-order valence-electron chi connectivity index (χ0n) is 10.4. The first-order valence-electron chi connectivity index (χ1n) is 5.93. The van der Waals surface area contributed by atoms with Gasteiger partial charge in [-0.25, -0.2) is 9.97 Å². The molecule has 0 spiro atoms. The molecule has 0 radical (unpaired) electrons. The summed E-state index contributed by atoms with van der Waals surface area (Å²) in [4.78, 5) is 9.06. The van der Waals surface area contributed by atoms with Crippen LogP contribution >= 0.6 is 23.4 Å². The van der Waals surface area contributed by atoms with E-state index in [0.717, 1.165) is 46.0 Å². The normalized spacial score (nSPS) is 13.4. The molecule has 1 aromatic heterocycles. The summed E-state index contributed by atoms with van der Waals surface area (Å²) < 4.78 is 0. The molecule has 6 heteroatoms. The average molecular weight is 293 g/mol. The number of fused-ring (bicyclic) bond motifs is 1. The third-order valence-corrected chi connectivity index (χ3v) is 3.76. The Hall–Kier alpha value is -1.30. The van der Waals surface area contributed by atoms with Crippen molar-refractivity contribution in [3.63, 3.8) is 0 Å². The van der Waals surface area contributed by atoms with E-state index in [2.05, 4.69) is 20.6 Å². The van der Waals surface area contributed by atoms with E-state index in [-0.39, 0.29) is 0 Å². The van der Waals surface area contributed by atoms with Crippen molar-refractivity contribution in [3.8, 4) is 0 Å². The lowest BCUT2D eigenvalue weighted by atomic mass is 10.2. The van der Waals surface area contributed by atoms with E-state index in [9.17, 15) is 0 Å². The summed E-state index contributed by atoms with van der Waals surface area (Å²) in [5, 5.41) is 8.16. The number of anilines is 2. The van der Waals surface area contributed by atoms with Crippen molar-refractivity contribution in [1.82, 2.24) is 15.3 Å². The van der Waals surface area contributed by atoms with E-state index in [1.54, 1.807) is 11.8 Å². The maximum Gasteiger partial charge on any atom is 0.189 e. The predicted molar refractivity (Wildman–Crippen MR) is 79.1 cm³/mol. The minimum atomic E-state index is 0.727. The van der Waals surface area contributed by atoms with Crippen molar-refractivity contribution in [2.45, 2.75) is 18.2 Å². The van der Waals surface area contributed by atoms with Crippen molar-refractivity contribution in [2.75, 3.05) is 11.6 Å². The second kappa shape index (κ2) is 5.36. The molecular weight excluding hydrogens is 280 g/mol. The van der Waals surface area contributed by atoms with Gasteiger partial charge in [0.15, 0.2) is 5.16 Å². The van der Waals surface area contributed by atoms with Crippen LogP contribution in [-0.4, -0.2) is 16.2 Å². The molecule has 1 aliphatic rings. The summed E-state index contributed by atoms with van der Waals surface area (Å²) in [6.07, 6.45) is 1.98. The lowest BCUT2D eigenvalue weighted by Crippen LogP contribution is -2.03. The molecular formula is C13H13ClN4S. The van der Waals surface area contributed by atoms with Crippen LogP contribution in [0, 0.1) is 0 Å². The minimum Gasteiger partial charge on any atom is -0.340 e. The van der Waals surface area contributed by atoms with Crippen LogP contribution in [-0.2, 0) is 13.1 Å². The van der Waals surface area contributed by atoms with Gasteiger partial charge >= 0.3 is 0 Å². The van der Waals surface area contributed by atoms with E-state index in [1.807, 2.05) is 30.5 Å². The summed E-state index contributed by atoms with van der Waals surface area (Å²) in [7, 11) is 0. The molecule has 0 saturated carbocycles. The van der Waals surface area contributed by atoms with Gasteiger partial charge < -0.3 is 10.6 Å². The fraction of sp³-hybridized carbons (Fsp3) is 0.231. The first-order chi connectivity index (χ1) is 9.26. The lowest BCUT2D eigenvalue weighted by molar-refractivity contribution is 0.754. The van der Waals surface area contributed by atoms with Crippen LogP contribution in [0.3, 0.4) is 0 Å². The number of halogens is 1. The standard InChI is InChI=1S/C13H13ClN4S/c1-19-13-17-11-7-15-6-10(11)12(18-13)16-9-4-2-8(14)3-5-9/h2-5,15H,6-7H2,1H3,(H,16,17,18). The smallest absolute Gasteiger partial charge is 0.189 e. The molecule has 19 heavy (non-hydrogen) atoms. The highest BCUT2D eigenvalue weighted by Gasteiger charge is 2.18. The Labute approximate surface area is 121 Å². The molecule has 0 unspecified atom stereocenters. The molecule has 0 fully saturated rings. The highest BCUT2D eigenvalue weighted by molar-refractivity contribution is 7.98. The Morgan fingerprint density at radius 3 is 2.74 bits per heavy atom. The van der Waals surface area contributed by atoms with Gasteiger partial charge in [-0.1, -0.05) is 23.4 Å². The quantitative estimate of drug-likeness (QED) is 0.672. The fourth-order valence-electron chi connectivity index (χ4n) is 2.01. The Bertz CT molecular complexity index is 600. The van der Waals surface area contributed by atoms with Gasteiger partial charge in [-0.2, -0.15) is 0 Å². The molecule has 2 aromatic rings.